The Balaban J connectivity index is 1.42. The number of hydrogen-bond donors (Lipinski definition) is 1. The van der Waals surface area contributed by atoms with Crippen molar-refractivity contribution in [2.45, 2.75) is 24.7 Å². The lowest BCUT2D eigenvalue weighted by atomic mass is 9.98. The molecule has 0 saturated carbocycles. The molecule has 1 aliphatic rings. The van der Waals surface area contributed by atoms with Crippen molar-refractivity contribution in [2.24, 2.45) is 5.92 Å². The Morgan fingerprint density at radius 1 is 1.15 bits per heavy atom. The van der Waals surface area contributed by atoms with E-state index < -0.39 is 21.8 Å². The van der Waals surface area contributed by atoms with Crippen LogP contribution in [0.1, 0.15) is 18.4 Å². The van der Waals surface area contributed by atoms with Crippen LogP contribution in [0.3, 0.4) is 0 Å². The number of aromatic nitrogens is 2. The topological polar surface area (TPSA) is 101 Å². The van der Waals surface area contributed by atoms with E-state index in [2.05, 4.69) is 15.3 Å². The van der Waals surface area contributed by atoms with Crippen LogP contribution >= 0.6 is 0 Å². The number of anilines is 1. The summed E-state index contributed by atoms with van der Waals surface area (Å²) in [6.07, 6.45) is 4.29. The van der Waals surface area contributed by atoms with Crippen LogP contribution in [-0.2, 0) is 14.8 Å². The first-order chi connectivity index (χ1) is 15.8. The second-order valence-corrected chi connectivity index (χ2v) is 9.69. The lowest BCUT2D eigenvalue weighted by molar-refractivity contribution is -0.120. The molecule has 8 nitrogen and oxygen atoms in total. The van der Waals surface area contributed by atoms with Crippen molar-refractivity contribution in [3.05, 3.63) is 72.3 Å². The van der Waals surface area contributed by atoms with Gasteiger partial charge in [0.2, 0.25) is 15.9 Å². The number of rotatable bonds is 6. The lowest BCUT2D eigenvalue weighted by Gasteiger charge is -2.31. The van der Waals surface area contributed by atoms with Crippen LogP contribution in [0.2, 0.25) is 0 Å². The first-order valence-electron chi connectivity index (χ1n) is 10.4. The number of halogens is 1. The minimum absolute atomic E-state index is 0.0128. The highest BCUT2D eigenvalue weighted by Gasteiger charge is 2.33. The Labute approximate surface area is 191 Å². The van der Waals surface area contributed by atoms with Crippen LogP contribution in [0, 0.1) is 18.7 Å². The zero-order valence-electron chi connectivity index (χ0n) is 17.9. The van der Waals surface area contributed by atoms with Crippen molar-refractivity contribution in [2.75, 3.05) is 18.4 Å². The number of hydrogen-bond acceptors (Lipinski definition) is 6. The number of amides is 1. The molecule has 33 heavy (non-hydrogen) atoms. The number of sulfonamides is 1. The van der Waals surface area contributed by atoms with E-state index in [4.69, 9.17) is 4.74 Å². The van der Waals surface area contributed by atoms with Gasteiger partial charge in [0.1, 0.15) is 11.6 Å². The van der Waals surface area contributed by atoms with Gasteiger partial charge in [-0.1, -0.05) is 0 Å². The maximum atomic E-state index is 13.2. The summed E-state index contributed by atoms with van der Waals surface area (Å²) in [7, 11) is -3.80. The Morgan fingerprint density at radius 3 is 2.58 bits per heavy atom. The number of nitrogens with zero attached hydrogens (tertiary/aromatic N) is 3. The molecular formula is C23H23FN4O4S. The van der Waals surface area contributed by atoms with E-state index >= 15 is 0 Å². The third-order valence-electron chi connectivity index (χ3n) is 5.41. The second-order valence-electron chi connectivity index (χ2n) is 7.76. The van der Waals surface area contributed by atoms with Crippen molar-refractivity contribution in [1.29, 1.82) is 0 Å². The van der Waals surface area contributed by atoms with Crippen LogP contribution in [0.4, 0.5) is 10.1 Å². The summed E-state index contributed by atoms with van der Waals surface area (Å²) in [4.78, 5) is 21.0. The molecule has 1 aromatic heterocycles. The fourth-order valence-corrected chi connectivity index (χ4v) is 5.17. The first kappa shape index (κ1) is 22.8. The first-order valence-corrected chi connectivity index (χ1v) is 11.9. The maximum absolute atomic E-state index is 13.2. The largest absolute Gasteiger partial charge is 0.424 e. The van der Waals surface area contributed by atoms with Gasteiger partial charge in [0.05, 0.1) is 10.8 Å². The molecule has 2 heterocycles. The molecule has 172 valence electrons. The van der Waals surface area contributed by atoms with Gasteiger partial charge in [0, 0.05) is 31.2 Å². The van der Waals surface area contributed by atoms with Gasteiger partial charge in [-0.25, -0.2) is 22.8 Å². The number of carbonyl (C=O) groups excluding carboxylic acids is 1. The third-order valence-corrected chi connectivity index (χ3v) is 7.29. The summed E-state index contributed by atoms with van der Waals surface area (Å²) in [6, 6.07) is 11.8. The molecule has 3 aromatic rings. The number of benzene rings is 2. The van der Waals surface area contributed by atoms with E-state index in [0.717, 1.165) is 17.7 Å². The lowest BCUT2D eigenvalue weighted by Crippen LogP contribution is -2.43. The standard InChI is InChI=1S/C23H23FN4O4S/c1-16-14-19(32-23-25-11-3-12-26-23)7-10-21(16)27-22(29)17-4-2-13-28(15-17)33(30,31)20-8-5-18(24)6-9-20/h3,5-12,14,17H,2,4,13,15H2,1H3,(H,27,29). The average Bonchev–Trinajstić information content (AvgIpc) is 2.82. The molecule has 0 bridgehead atoms. The van der Waals surface area contributed by atoms with Crippen LogP contribution < -0.4 is 10.1 Å². The van der Waals surface area contributed by atoms with Gasteiger partial charge in [0.25, 0.3) is 0 Å². The number of ether oxygens (including phenoxy) is 1. The fraction of sp³-hybridized carbons (Fsp3) is 0.261. The normalized spacial score (nSPS) is 16.8. The zero-order chi connectivity index (χ0) is 23.4. The average molecular weight is 471 g/mol. The fourth-order valence-electron chi connectivity index (χ4n) is 3.65. The summed E-state index contributed by atoms with van der Waals surface area (Å²) >= 11 is 0. The van der Waals surface area contributed by atoms with E-state index in [-0.39, 0.29) is 23.4 Å². The van der Waals surface area contributed by atoms with Crippen molar-refractivity contribution in [1.82, 2.24) is 14.3 Å². The van der Waals surface area contributed by atoms with Gasteiger partial charge >= 0.3 is 6.01 Å². The molecule has 10 heteroatoms. The number of carbonyl (C=O) groups is 1. The Bertz CT molecular complexity index is 1240. The van der Waals surface area contributed by atoms with Crippen LogP contribution in [0.15, 0.2) is 65.8 Å². The van der Waals surface area contributed by atoms with Gasteiger partial charge in [-0.05, 0) is 73.9 Å². The van der Waals surface area contributed by atoms with Crippen molar-refractivity contribution < 1.29 is 22.3 Å². The van der Waals surface area contributed by atoms with Crippen molar-refractivity contribution in [3.8, 4) is 11.8 Å². The maximum Gasteiger partial charge on any atom is 0.321 e. The molecule has 0 spiro atoms. The molecule has 2 aromatic carbocycles. The van der Waals surface area contributed by atoms with Gasteiger partial charge in [-0.2, -0.15) is 4.31 Å². The highest BCUT2D eigenvalue weighted by molar-refractivity contribution is 7.89. The van der Waals surface area contributed by atoms with Crippen molar-refractivity contribution in [3.63, 3.8) is 0 Å². The zero-order valence-corrected chi connectivity index (χ0v) is 18.8. The smallest absolute Gasteiger partial charge is 0.321 e. The predicted molar refractivity (Wildman–Crippen MR) is 120 cm³/mol. The predicted octanol–water partition coefficient (Wildman–Crippen LogP) is 3.76. The summed E-state index contributed by atoms with van der Waals surface area (Å²) in [5.74, 6) is -0.724. The minimum Gasteiger partial charge on any atom is -0.424 e. The van der Waals surface area contributed by atoms with E-state index in [1.807, 2.05) is 6.92 Å². The monoisotopic (exact) mass is 470 g/mol. The third kappa shape index (κ3) is 5.35. The Kier molecular flexibility index (Phi) is 6.66. The minimum atomic E-state index is -3.80. The molecule has 0 radical (unpaired) electrons. The summed E-state index contributed by atoms with van der Waals surface area (Å²) in [5.41, 5.74) is 1.39. The highest BCUT2D eigenvalue weighted by atomic mass is 32.2. The second kappa shape index (κ2) is 9.63. The molecule has 1 unspecified atom stereocenters. The Morgan fingerprint density at radius 2 is 1.88 bits per heavy atom. The molecule has 1 amide bonds. The molecule has 1 N–H and O–H groups in total. The van der Waals surface area contributed by atoms with Crippen LogP contribution in [0.25, 0.3) is 0 Å². The van der Waals surface area contributed by atoms with Gasteiger partial charge in [-0.15, -0.1) is 0 Å². The van der Waals surface area contributed by atoms with Crippen LogP contribution in [0.5, 0.6) is 11.8 Å². The molecule has 0 aliphatic carbocycles. The van der Waals surface area contributed by atoms with E-state index in [1.165, 1.54) is 16.4 Å². The van der Waals surface area contributed by atoms with Gasteiger partial charge < -0.3 is 10.1 Å². The molecule has 1 atom stereocenters. The Hall–Kier alpha value is -3.37. The SMILES string of the molecule is Cc1cc(Oc2ncccn2)ccc1NC(=O)C1CCCN(S(=O)(=O)c2ccc(F)cc2)C1. The summed E-state index contributed by atoms with van der Waals surface area (Å²) in [5, 5.41) is 2.89. The molecule has 1 aliphatic heterocycles. The van der Waals surface area contributed by atoms with E-state index in [1.54, 1.807) is 36.7 Å². The quantitative estimate of drug-likeness (QED) is 0.589. The highest BCUT2D eigenvalue weighted by Crippen LogP contribution is 2.27. The number of piperidine rings is 1. The van der Waals surface area contributed by atoms with Crippen molar-refractivity contribution >= 4 is 21.6 Å². The molecule has 1 saturated heterocycles. The van der Waals surface area contributed by atoms with Crippen LogP contribution in [-0.4, -0.2) is 41.7 Å². The summed E-state index contributed by atoms with van der Waals surface area (Å²) in [6.45, 7) is 2.22. The van der Waals surface area contributed by atoms with E-state index in [9.17, 15) is 17.6 Å². The summed E-state index contributed by atoms with van der Waals surface area (Å²) < 4.78 is 45.9. The molecular weight excluding hydrogens is 447 g/mol. The molecule has 4 rings (SSSR count). The number of aryl methyl sites for hydroxylation is 1. The number of nitrogens with one attached hydrogen (secondary N) is 1. The van der Waals surface area contributed by atoms with Gasteiger partial charge in [-0.3, -0.25) is 4.79 Å². The van der Waals surface area contributed by atoms with Gasteiger partial charge in [0.15, 0.2) is 0 Å². The molecule has 1 fully saturated rings. The van der Waals surface area contributed by atoms with E-state index in [0.29, 0.717) is 30.8 Å².